The Labute approximate surface area is 110 Å². The van der Waals surface area contributed by atoms with Crippen LogP contribution >= 0.6 is 0 Å². The van der Waals surface area contributed by atoms with E-state index in [2.05, 4.69) is 0 Å². The van der Waals surface area contributed by atoms with Crippen LogP contribution in [0, 0.1) is 0 Å². The number of rotatable bonds is 6. The molecular formula is C11H23NO4S2. The van der Waals surface area contributed by atoms with Gasteiger partial charge in [0.25, 0.3) is 0 Å². The van der Waals surface area contributed by atoms with Gasteiger partial charge in [0, 0.05) is 11.8 Å². The summed E-state index contributed by atoms with van der Waals surface area (Å²) in [4.78, 5) is 0. The Hall–Kier alpha value is -0.140. The molecule has 1 aliphatic heterocycles. The highest BCUT2D eigenvalue weighted by Crippen LogP contribution is 2.23. The zero-order chi connectivity index (χ0) is 13.8. The molecule has 1 rings (SSSR count). The second-order valence-electron chi connectivity index (χ2n) is 4.94. The molecule has 0 radical (unpaired) electrons. The molecule has 0 aromatic rings. The fraction of sp³-hybridized carbons (Fsp3) is 1.00. The van der Waals surface area contributed by atoms with Gasteiger partial charge in [-0.1, -0.05) is 13.3 Å². The minimum Gasteiger partial charge on any atom is -0.327 e. The van der Waals surface area contributed by atoms with Gasteiger partial charge in [0.1, 0.15) is 9.84 Å². The van der Waals surface area contributed by atoms with Crippen molar-refractivity contribution >= 4 is 19.7 Å². The zero-order valence-electron chi connectivity index (χ0n) is 10.8. The van der Waals surface area contributed by atoms with Gasteiger partial charge in [-0.25, -0.2) is 16.8 Å². The van der Waals surface area contributed by atoms with Crippen LogP contribution < -0.4 is 5.73 Å². The van der Waals surface area contributed by atoms with Crippen LogP contribution in [0.2, 0.25) is 0 Å². The molecule has 1 saturated heterocycles. The molecule has 2 N–H and O–H groups in total. The molecule has 0 aromatic carbocycles. The van der Waals surface area contributed by atoms with Gasteiger partial charge < -0.3 is 5.73 Å². The average molecular weight is 297 g/mol. The number of nitrogens with two attached hydrogens (primary N) is 1. The lowest BCUT2D eigenvalue weighted by molar-refractivity contribution is 0.478. The monoisotopic (exact) mass is 297 g/mol. The van der Waals surface area contributed by atoms with E-state index in [-0.39, 0.29) is 17.3 Å². The van der Waals surface area contributed by atoms with Crippen LogP contribution in [0.1, 0.15) is 39.0 Å². The average Bonchev–Trinajstić information content (AvgIpc) is 2.28. The van der Waals surface area contributed by atoms with Crippen LogP contribution in [0.5, 0.6) is 0 Å². The molecule has 5 nitrogen and oxygen atoms in total. The molecule has 0 amide bonds. The van der Waals surface area contributed by atoms with E-state index in [1.54, 1.807) is 6.92 Å². The van der Waals surface area contributed by atoms with Crippen molar-refractivity contribution in [2.24, 2.45) is 5.73 Å². The third kappa shape index (κ3) is 4.51. The van der Waals surface area contributed by atoms with E-state index < -0.39 is 31.0 Å². The molecule has 18 heavy (non-hydrogen) atoms. The van der Waals surface area contributed by atoms with Gasteiger partial charge in [-0.3, -0.25) is 0 Å². The van der Waals surface area contributed by atoms with Crippen LogP contribution in [0.4, 0.5) is 0 Å². The number of hydrogen-bond acceptors (Lipinski definition) is 5. The topological polar surface area (TPSA) is 94.3 Å². The number of hydrogen-bond donors (Lipinski definition) is 1. The minimum atomic E-state index is -3.07. The smallest absolute Gasteiger partial charge is 0.154 e. The Bertz CT molecular complexity index is 455. The van der Waals surface area contributed by atoms with Crippen molar-refractivity contribution in [2.75, 3.05) is 17.3 Å². The van der Waals surface area contributed by atoms with E-state index in [0.29, 0.717) is 19.3 Å². The van der Waals surface area contributed by atoms with Gasteiger partial charge in [-0.2, -0.15) is 0 Å². The maximum absolute atomic E-state index is 11.8. The van der Waals surface area contributed by atoms with Crippen LogP contribution in [0.15, 0.2) is 0 Å². The molecule has 1 heterocycles. The standard InChI is InChI=1S/C11H23NO4S2/c1-2-17(13,14)8-5-6-10(12)11-7-3-4-9-18(11,15)16/h10-11H,2-9,12H2,1H3. The highest BCUT2D eigenvalue weighted by molar-refractivity contribution is 7.92. The molecule has 0 aliphatic carbocycles. The molecule has 0 bridgehead atoms. The predicted octanol–water partition coefficient (Wildman–Crippen LogP) is 0.496. The number of sulfone groups is 2. The van der Waals surface area contributed by atoms with Crippen molar-refractivity contribution in [3.05, 3.63) is 0 Å². The highest BCUT2D eigenvalue weighted by atomic mass is 32.2. The Kier molecular flexibility index (Phi) is 5.61. The van der Waals surface area contributed by atoms with Crippen LogP contribution in [-0.2, 0) is 19.7 Å². The molecule has 1 aliphatic rings. The summed E-state index contributed by atoms with van der Waals surface area (Å²) in [5, 5.41) is -0.476. The third-order valence-corrected chi connectivity index (χ3v) is 7.69. The van der Waals surface area contributed by atoms with E-state index in [1.165, 1.54) is 0 Å². The van der Waals surface area contributed by atoms with Crippen LogP contribution in [0.25, 0.3) is 0 Å². The summed E-state index contributed by atoms with van der Waals surface area (Å²) in [6.07, 6.45) is 3.14. The van der Waals surface area contributed by atoms with E-state index in [0.717, 1.165) is 12.8 Å². The summed E-state index contributed by atoms with van der Waals surface area (Å²) in [7, 11) is -6.05. The first kappa shape index (κ1) is 15.9. The van der Waals surface area contributed by atoms with Crippen LogP contribution in [0.3, 0.4) is 0 Å². The molecule has 2 unspecified atom stereocenters. The first-order chi connectivity index (χ1) is 8.28. The highest BCUT2D eigenvalue weighted by Gasteiger charge is 2.33. The Morgan fingerprint density at radius 1 is 1.33 bits per heavy atom. The molecular weight excluding hydrogens is 274 g/mol. The zero-order valence-corrected chi connectivity index (χ0v) is 12.5. The summed E-state index contributed by atoms with van der Waals surface area (Å²) >= 11 is 0. The molecule has 1 fully saturated rings. The summed E-state index contributed by atoms with van der Waals surface area (Å²) in [5.74, 6) is 0.451. The lowest BCUT2D eigenvalue weighted by atomic mass is 10.0. The fourth-order valence-electron chi connectivity index (χ4n) is 2.33. The van der Waals surface area contributed by atoms with E-state index in [9.17, 15) is 16.8 Å². The van der Waals surface area contributed by atoms with Gasteiger partial charge in [0.15, 0.2) is 9.84 Å². The predicted molar refractivity (Wildman–Crippen MR) is 73.0 cm³/mol. The SMILES string of the molecule is CCS(=O)(=O)CCCC(N)C1CCCCS1(=O)=O. The Morgan fingerprint density at radius 2 is 2.00 bits per heavy atom. The van der Waals surface area contributed by atoms with Gasteiger partial charge in [-0.15, -0.1) is 0 Å². The largest absolute Gasteiger partial charge is 0.327 e. The van der Waals surface area contributed by atoms with Gasteiger partial charge >= 0.3 is 0 Å². The maximum Gasteiger partial charge on any atom is 0.154 e. The van der Waals surface area contributed by atoms with Crippen molar-refractivity contribution < 1.29 is 16.8 Å². The van der Waals surface area contributed by atoms with Crippen molar-refractivity contribution in [3.63, 3.8) is 0 Å². The van der Waals surface area contributed by atoms with Crippen LogP contribution in [-0.4, -0.2) is 45.4 Å². The van der Waals surface area contributed by atoms with Crippen molar-refractivity contribution in [3.8, 4) is 0 Å². The third-order valence-electron chi connectivity index (χ3n) is 3.54. The van der Waals surface area contributed by atoms with Gasteiger partial charge in [0.05, 0.1) is 16.8 Å². The molecule has 0 spiro atoms. The normalized spacial score (nSPS) is 25.8. The first-order valence-corrected chi connectivity index (χ1v) is 10.00. The molecule has 0 saturated carbocycles. The second-order valence-corrected chi connectivity index (χ2v) is 9.76. The van der Waals surface area contributed by atoms with Crippen molar-refractivity contribution in [1.82, 2.24) is 0 Å². The summed E-state index contributed by atoms with van der Waals surface area (Å²) in [6.45, 7) is 1.61. The van der Waals surface area contributed by atoms with Gasteiger partial charge in [-0.05, 0) is 25.7 Å². The van der Waals surface area contributed by atoms with E-state index >= 15 is 0 Å². The van der Waals surface area contributed by atoms with Crippen molar-refractivity contribution in [2.45, 2.75) is 50.3 Å². The lowest BCUT2D eigenvalue weighted by Gasteiger charge is -2.27. The first-order valence-electron chi connectivity index (χ1n) is 6.46. The Morgan fingerprint density at radius 3 is 2.56 bits per heavy atom. The summed E-state index contributed by atoms with van der Waals surface area (Å²) in [5.41, 5.74) is 5.92. The summed E-state index contributed by atoms with van der Waals surface area (Å²) < 4.78 is 46.3. The molecule has 0 aromatic heterocycles. The second kappa shape index (κ2) is 6.34. The fourth-order valence-corrected chi connectivity index (χ4v) is 5.33. The Balaban J connectivity index is 2.48. The maximum atomic E-state index is 11.8. The summed E-state index contributed by atoms with van der Waals surface area (Å²) in [6, 6.07) is -0.428. The van der Waals surface area contributed by atoms with E-state index in [4.69, 9.17) is 5.73 Å². The molecule has 108 valence electrons. The molecule has 7 heteroatoms. The van der Waals surface area contributed by atoms with E-state index in [1.807, 2.05) is 0 Å². The minimum absolute atomic E-state index is 0.101. The van der Waals surface area contributed by atoms with Crippen molar-refractivity contribution in [1.29, 1.82) is 0 Å². The van der Waals surface area contributed by atoms with Gasteiger partial charge in [0.2, 0.25) is 0 Å². The molecule has 2 atom stereocenters. The lowest BCUT2D eigenvalue weighted by Crippen LogP contribution is -2.43. The quantitative estimate of drug-likeness (QED) is 0.770.